The third kappa shape index (κ3) is 5.70. The van der Waals surface area contributed by atoms with Crippen molar-refractivity contribution in [3.05, 3.63) is 0 Å². The van der Waals surface area contributed by atoms with Crippen LogP contribution in [0.2, 0.25) is 0 Å². The first-order valence-electron chi connectivity index (χ1n) is 5.64. The molecular weight excluding hydrogens is 485 g/mol. The van der Waals surface area contributed by atoms with Crippen molar-refractivity contribution < 1.29 is 88.2 Å². The fourth-order valence-corrected chi connectivity index (χ4v) is 0.819. The second-order valence-electron chi connectivity index (χ2n) is 4.47. The molecular formula is C9HF19O. The maximum atomic E-state index is 12.3. The summed E-state index contributed by atoms with van der Waals surface area (Å²) < 4.78 is 219. The maximum absolute atomic E-state index is 12.3. The molecule has 29 heavy (non-hydrogen) atoms. The number of ketones is 1. The van der Waals surface area contributed by atoms with Crippen LogP contribution in [0, 0.1) is 0 Å². The zero-order valence-corrected chi connectivity index (χ0v) is 12.2. The van der Waals surface area contributed by atoms with Crippen LogP contribution in [0.15, 0.2) is 0 Å². The minimum absolute atomic E-state index is 4.70. The van der Waals surface area contributed by atoms with E-state index in [-0.39, 0.29) is 0 Å². The summed E-state index contributed by atoms with van der Waals surface area (Å²) in [6.07, 6.45) is -24.9. The summed E-state index contributed by atoms with van der Waals surface area (Å²) >= 11 is 0. The lowest BCUT2D eigenvalue weighted by Gasteiger charge is -2.32. The zero-order valence-electron chi connectivity index (χ0n) is 12.2. The Hall–Kier alpha value is -1.66. The van der Waals surface area contributed by atoms with E-state index in [9.17, 15) is 88.2 Å². The van der Waals surface area contributed by atoms with Crippen molar-refractivity contribution >= 4 is 5.78 Å². The maximum Gasteiger partial charge on any atom is 0.460 e. The van der Waals surface area contributed by atoms with E-state index in [4.69, 9.17) is 0 Å². The van der Waals surface area contributed by atoms with Crippen molar-refractivity contribution in [3.63, 3.8) is 0 Å². The van der Waals surface area contributed by atoms with E-state index >= 15 is 0 Å². The van der Waals surface area contributed by atoms with Crippen molar-refractivity contribution in [1.82, 2.24) is 0 Å². The van der Waals surface area contributed by atoms with Gasteiger partial charge in [-0.3, -0.25) is 4.79 Å². The van der Waals surface area contributed by atoms with Crippen LogP contribution in [-0.2, 0) is 4.79 Å². The molecule has 0 aliphatic rings. The molecule has 0 aliphatic heterocycles. The molecule has 0 atom stereocenters. The predicted octanol–water partition coefficient (Wildman–Crippen LogP) is 6.04. The van der Waals surface area contributed by atoms with Gasteiger partial charge in [-0.15, -0.1) is 0 Å². The molecule has 0 unspecified atom stereocenters. The van der Waals surface area contributed by atoms with Crippen LogP contribution in [0.4, 0.5) is 83.4 Å². The number of carbonyl (C=O) groups is 1. The number of carbonyl (C=O) groups excluding carboxylic acids is 1. The first-order valence-corrected chi connectivity index (χ1v) is 5.64. The molecule has 0 aromatic carbocycles. The molecule has 0 fully saturated rings. The molecule has 0 heterocycles. The summed E-state index contributed by atoms with van der Waals surface area (Å²) in [4.78, 5) is 9.85. The number of rotatable bonds is 4. The van der Waals surface area contributed by atoms with Crippen molar-refractivity contribution in [1.29, 1.82) is 0 Å². The van der Waals surface area contributed by atoms with E-state index in [2.05, 4.69) is 0 Å². The molecule has 0 rings (SSSR count). The van der Waals surface area contributed by atoms with Crippen LogP contribution >= 0.6 is 0 Å². The van der Waals surface area contributed by atoms with Gasteiger partial charge < -0.3 is 0 Å². The van der Waals surface area contributed by atoms with Crippen LogP contribution in [0.5, 0.6) is 0 Å². The van der Waals surface area contributed by atoms with Crippen LogP contribution < -0.4 is 0 Å². The van der Waals surface area contributed by atoms with Crippen LogP contribution in [0.25, 0.3) is 0 Å². The molecule has 0 bridgehead atoms. The average Bonchev–Trinajstić information content (AvgIpc) is 2.43. The van der Waals surface area contributed by atoms with E-state index in [1.54, 1.807) is 0 Å². The number of halogens is 19. The number of alkyl halides is 19. The molecule has 0 aromatic rings. The lowest BCUT2D eigenvalue weighted by Crippen LogP contribution is -2.65. The zero-order chi connectivity index (χ0) is 24.7. The fourth-order valence-electron chi connectivity index (χ4n) is 0.819. The van der Waals surface area contributed by atoms with Gasteiger partial charge in [0.15, 0.2) is 0 Å². The average molecular weight is 486 g/mol. The Labute approximate surface area is 144 Å². The third-order valence-corrected chi connectivity index (χ3v) is 2.34. The van der Waals surface area contributed by atoms with Gasteiger partial charge in [0.05, 0.1) is 0 Å². The molecule has 0 spiro atoms. The number of hydrogen-bond donors (Lipinski definition) is 0. The Kier molecular flexibility index (Phi) is 8.02. The highest BCUT2D eigenvalue weighted by Gasteiger charge is 2.85. The Morgan fingerprint density at radius 3 is 0.966 bits per heavy atom. The van der Waals surface area contributed by atoms with Crippen LogP contribution in [0.3, 0.4) is 0 Å². The molecule has 176 valence electrons. The van der Waals surface area contributed by atoms with E-state index in [1.165, 1.54) is 0 Å². The number of hydrogen-bond acceptors (Lipinski definition) is 1. The molecule has 0 aliphatic carbocycles. The monoisotopic (exact) mass is 486 g/mol. The molecule has 0 saturated heterocycles. The van der Waals surface area contributed by atoms with Crippen molar-refractivity contribution in [2.24, 2.45) is 0 Å². The van der Waals surface area contributed by atoms with Gasteiger partial charge in [0.25, 0.3) is 0 Å². The lowest BCUT2D eigenvalue weighted by atomic mass is 10.00. The van der Waals surface area contributed by atoms with Gasteiger partial charge in [-0.2, -0.15) is 74.6 Å². The van der Waals surface area contributed by atoms with Crippen molar-refractivity contribution in [2.75, 3.05) is 0 Å². The lowest BCUT2D eigenvalue weighted by molar-refractivity contribution is -0.390. The summed E-state index contributed by atoms with van der Waals surface area (Å²) in [5.74, 6) is -33.0. The molecule has 20 heteroatoms. The van der Waals surface area contributed by atoms with Crippen molar-refractivity contribution in [2.45, 2.75) is 48.6 Å². The van der Waals surface area contributed by atoms with Gasteiger partial charge in [-0.1, -0.05) is 0 Å². The van der Waals surface area contributed by atoms with Crippen molar-refractivity contribution in [3.8, 4) is 0 Å². The predicted molar refractivity (Wildman–Crippen MR) is 49.0 cm³/mol. The highest BCUT2D eigenvalue weighted by Crippen LogP contribution is 2.54. The summed E-state index contributed by atoms with van der Waals surface area (Å²) in [6.45, 7) is 0. The molecule has 0 radical (unpaired) electrons. The number of Topliss-reactive ketones (excluding diaryl/α,β-unsaturated/α-hetero) is 1. The standard InChI is InChI=1S/C6F12O.C3HF7/c7-2(8,1(19)3(9,10)11)4(12,13)5(14,15)6(16,17)18;4-1(5)2(6,7)3(8,9)10/h;1H. The summed E-state index contributed by atoms with van der Waals surface area (Å²) in [5.41, 5.74) is 0. The second-order valence-corrected chi connectivity index (χ2v) is 4.47. The molecule has 1 nitrogen and oxygen atoms in total. The van der Waals surface area contributed by atoms with Gasteiger partial charge in [0.2, 0.25) is 0 Å². The van der Waals surface area contributed by atoms with Crippen LogP contribution in [0.1, 0.15) is 0 Å². The van der Waals surface area contributed by atoms with Gasteiger partial charge in [-0.25, -0.2) is 8.78 Å². The van der Waals surface area contributed by atoms with Gasteiger partial charge in [0.1, 0.15) is 0 Å². The molecule has 0 N–H and O–H groups in total. The highest BCUT2D eigenvalue weighted by atomic mass is 19.4. The van der Waals surface area contributed by atoms with Crippen LogP contribution in [-0.4, -0.2) is 54.4 Å². The first kappa shape index (κ1) is 29.5. The third-order valence-electron chi connectivity index (χ3n) is 2.34. The van der Waals surface area contributed by atoms with Gasteiger partial charge >= 0.3 is 54.4 Å². The topological polar surface area (TPSA) is 17.1 Å². The minimum atomic E-state index is -7.61. The molecule has 0 amide bonds. The Morgan fingerprint density at radius 2 is 0.828 bits per heavy atom. The summed E-state index contributed by atoms with van der Waals surface area (Å²) in [6, 6.07) is 0. The normalized spacial score (nSPS) is 15.2. The SMILES string of the molecule is FC(F)C(F)(F)C(F)(F)F.O=C(C(F)(F)F)C(F)(F)C(F)(F)C(F)(F)C(F)(F)F. The van der Waals surface area contributed by atoms with E-state index in [0.717, 1.165) is 0 Å². The Morgan fingerprint density at radius 1 is 0.517 bits per heavy atom. The van der Waals surface area contributed by atoms with Gasteiger partial charge in [0, 0.05) is 0 Å². The van der Waals surface area contributed by atoms with E-state index in [1.807, 2.05) is 0 Å². The smallest absolute Gasteiger partial charge is 0.282 e. The second kappa shape index (κ2) is 7.88. The van der Waals surface area contributed by atoms with E-state index in [0.29, 0.717) is 0 Å². The molecule has 0 aromatic heterocycles. The molecule has 0 saturated carbocycles. The van der Waals surface area contributed by atoms with Gasteiger partial charge in [-0.05, 0) is 0 Å². The largest absolute Gasteiger partial charge is 0.460 e. The quantitative estimate of drug-likeness (QED) is 0.444. The van der Waals surface area contributed by atoms with E-state index < -0.39 is 54.4 Å². The summed E-state index contributed by atoms with van der Waals surface area (Å²) in [5, 5.41) is 0. The minimum Gasteiger partial charge on any atom is -0.282 e. The highest BCUT2D eigenvalue weighted by molar-refractivity contribution is 5.91. The summed E-state index contributed by atoms with van der Waals surface area (Å²) in [7, 11) is 0. The fraction of sp³-hybridized carbons (Fsp3) is 0.889. The first-order chi connectivity index (χ1) is 12.1. The Balaban J connectivity index is 0. The Bertz CT molecular complexity index is 560.